The van der Waals surface area contributed by atoms with Gasteiger partial charge in [0.05, 0.1) is 32.6 Å². The molecule has 160 valence electrons. The van der Waals surface area contributed by atoms with Crippen LogP contribution in [0.4, 0.5) is 0 Å². The smallest absolute Gasteiger partial charge is 0.287 e. The normalized spacial score (nSPS) is 15.2. The quantitative estimate of drug-likeness (QED) is 0.415. The van der Waals surface area contributed by atoms with Gasteiger partial charge in [0.2, 0.25) is 11.8 Å². The second-order valence-corrected chi connectivity index (χ2v) is 7.03. The van der Waals surface area contributed by atoms with E-state index < -0.39 is 11.8 Å². The number of hydrogen-bond donors (Lipinski definition) is 4. The highest BCUT2D eigenvalue weighted by Gasteiger charge is 2.23. The van der Waals surface area contributed by atoms with Crippen molar-refractivity contribution >= 4 is 17.7 Å². The van der Waals surface area contributed by atoms with Crippen LogP contribution in [0.1, 0.15) is 22.2 Å². The van der Waals surface area contributed by atoms with E-state index in [4.69, 9.17) is 9.15 Å². The van der Waals surface area contributed by atoms with Crippen LogP contribution in [0.15, 0.2) is 53.1 Å². The Labute approximate surface area is 174 Å². The predicted octanol–water partition coefficient (Wildman–Crippen LogP) is -1.10. The van der Waals surface area contributed by atoms with Crippen LogP contribution in [0.25, 0.3) is 0 Å². The van der Waals surface area contributed by atoms with Crippen molar-refractivity contribution in [2.75, 3.05) is 45.9 Å². The minimum atomic E-state index is -0.489. The van der Waals surface area contributed by atoms with E-state index in [1.165, 1.54) is 17.2 Å². The topological polar surface area (TPSA) is 114 Å². The SMILES string of the molecule is O=C(CNC(=O)c1ccco1)NCC(=O)N[C@H](C[NH+]1CCOCC1)c1ccccc1. The number of furan rings is 1. The molecule has 1 aromatic carbocycles. The summed E-state index contributed by atoms with van der Waals surface area (Å²) in [6, 6.07) is 12.7. The molecule has 2 heterocycles. The minimum Gasteiger partial charge on any atom is -0.459 e. The largest absolute Gasteiger partial charge is 0.459 e. The van der Waals surface area contributed by atoms with Gasteiger partial charge < -0.3 is 30.0 Å². The third-order valence-electron chi connectivity index (χ3n) is 4.83. The Bertz CT molecular complexity index is 819. The number of hydrogen-bond acceptors (Lipinski definition) is 5. The zero-order valence-corrected chi connectivity index (χ0v) is 16.7. The summed E-state index contributed by atoms with van der Waals surface area (Å²) in [7, 11) is 0. The van der Waals surface area contributed by atoms with Crippen molar-refractivity contribution in [2.24, 2.45) is 0 Å². The lowest BCUT2D eigenvalue weighted by molar-refractivity contribution is -0.909. The van der Waals surface area contributed by atoms with E-state index >= 15 is 0 Å². The lowest BCUT2D eigenvalue weighted by atomic mass is 10.1. The van der Waals surface area contributed by atoms with Crippen LogP contribution < -0.4 is 20.9 Å². The van der Waals surface area contributed by atoms with Crippen molar-refractivity contribution in [1.29, 1.82) is 0 Å². The van der Waals surface area contributed by atoms with Gasteiger partial charge in [-0.3, -0.25) is 14.4 Å². The number of carbonyl (C=O) groups is 3. The van der Waals surface area contributed by atoms with E-state index in [-0.39, 0.29) is 30.8 Å². The van der Waals surface area contributed by atoms with Gasteiger partial charge in [-0.05, 0) is 17.7 Å². The number of quaternary nitrogens is 1. The van der Waals surface area contributed by atoms with Gasteiger partial charge in [-0.15, -0.1) is 0 Å². The number of rotatable bonds is 9. The number of morpholine rings is 1. The molecule has 1 aromatic heterocycles. The van der Waals surface area contributed by atoms with E-state index in [2.05, 4.69) is 16.0 Å². The van der Waals surface area contributed by atoms with Crippen LogP contribution in [0, 0.1) is 0 Å². The molecule has 9 nitrogen and oxygen atoms in total. The fourth-order valence-corrected chi connectivity index (χ4v) is 3.23. The van der Waals surface area contributed by atoms with Crippen LogP contribution in [0.2, 0.25) is 0 Å². The van der Waals surface area contributed by atoms with E-state index in [1.807, 2.05) is 30.3 Å². The summed E-state index contributed by atoms with van der Waals surface area (Å²) in [6.45, 7) is 3.54. The zero-order chi connectivity index (χ0) is 21.2. The fraction of sp³-hybridized carbons (Fsp3) is 0.381. The standard InChI is InChI=1S/C21H26N4O5/c26-19(13-23-21(28)18-7-4-10-30-18)22-14-20(27)24-17(16-5-2-1-3-6-16)15-25-8-11-29-12-9-25/h1-7,10,17H,8-9,11-15H2,(H,22,26)(H,23,28)(H,24,27)/p+1/t17-/m1/s1. The Morgan fingerprint density at radius 2 is 1.67 bits per heavy atom. The lowest BCUT2D eigenvalue weighted by Gasteiger charge is -2.28. The van der Waals surface area contributed by atoms with Crippen molar-refractivity contribution in [3.63, 3.8) is 0 Å². The van der Waals surface area contributed by atoms with Crippen molar-refractivity contribution in [3.8, 4) is 0 Å². The first kappa shape index (κ1) is 21.5. The van der Waals surface area contributed by atoms with Gasteiger partial charge in [0.1, 0.15) is 25.7 Å². The maximum absolute atomic E-state index is 12.4. The van der Waals surface area contributed by atoms with Crippen LogP contribution in [-0.4, -0.2) is 63.7 Å². The highest BCUT2D eigenvalue weighted by atomic mass is 16.5. The third-order valence-corrected chi connectivity index (χ3v) is 4.83. The number of nitrogens with one attached hydrogen (secondary N) is 4. The summed E-state index contributed by atoms with van der Waals surface area (Å²) < 4.78 is 10.4. The first-order chi connectivity index (χ1) is 14.6. The fourth-order valence-electron chi connectivity index (χ4n) is 3.23. The summed E-state index contributed by atoms with van der Waals surface area (Å²) in [5, 5.41) is 7.96. The summed E-state index contributed by atoms with van der Waals surface area (Å²) in [5.41, 5.74) is 1.02. The van der Waals surface area contributed by atoms with Gasteiger partial charge in [-0.1, -0.05) is 30.3 Å². The van der Waals surface area contributed by atoms with Crippen molar-refractivity contribution < 1.29 is 28.4 Å². The Hall–Kier alpha value is -3.17. The summed E-state index contributed by atoms with van der Waals surface area (Å²) in [4.78, 5) is 37.5. The van der Waals surface area contributed by atoms with Crippen LogP contribution in [0.5, 0.6) is 0 Å². The van der Waals surface area contributed by atoms with Gasteiger partial charge in [0, 0.05) is 0 Å². The van der Waals surface area contributed by atoms with Crippen molar-refractivity contribution in [1.82, 2.24) is 16.0 Å². The Kier molecular flexibility index (Phi) is 7.99. The Balaban J connectivity index is 1.46. The lowest BCUT2D eigenvalue weighted by Crippen LogP contribution is -3.14. The van der Waals surface area contributed by atoms with E-state index in [0.29, 0.717) is 13.2 Å². The van der Waals surface area contributed by atoms with Crippen molar-refractivity contribution in [2.45, 2.75) is 6.04 Å². The molecule has 1 aliphatic heterocycles. The third kappa shape index (κ3) is 6.71. The molecule has 0 unspecified atom stereocenters. The molecule has 0 saturated carbocycles. The summed E-state index contributed by atoms with van der Waals surface area (Å²) >= 11 is 0. The highest BCUT2D eigenvalue weighted by molar-refractivity contribution is 5.94. The second kappa shape index (κ2) is 11.1. The molecule has 1 atom stereocenters. The van der Waals surface area contributed by atoms with Crippen molar-refractivity contribution in [3.05, 3.63) is 60.1 Å². The van der Waals surface area contributed by atoms with Gasteiger partial charge in [0.25, 0.3) is 5.91 Å². The number of benzene rings is 1. The highest BCUT2D eigenvalue weighted by Crippen LogP contribution is 2.10. The molecule has 1 aliphatic rings. The maximum atomic E-state index is 12.4. The molecule has 4 N–H and O–H groups in total. The van der Waals surface area contributed by atoms with Gasteiger partial charge in [-0.25, -0.2) is 0 Å². The molecule has 0 radical (unpaired) electrons. The van der Waals surface area contributed by atoms with Crippen LogP contribution in [0.3, 0.4) is 0 Å². The Morgan fingerprint density at radius 3 is 2.37 bits per heavy atom. The predicted molar refractivity (Wildman–Crippen MR) is 108 cm³/mol. The number of amides is 3. The molecule has 30 heavy (non-hydrogen) atoms. The molecular formula is C21H27N4O5+. The van der Waals surface area contributed by atoms with Gasteiger partial charge in [-0.2, -0.15) is 0 Å². The van der Waals surface area contributed by atoms with E-state index in [9.17, 15) is 14.4 Å². The molecule has 0 spiro atoms. The molecule has 3 amide bonds. The van der Waals surface area contributed by atoms with Gasteiger partial charge >= 0.3 is 0 Å². The molecule has 1 fully saturated rings. The molecule has 1 saturated heterocycles. The molecule has 3 rings (SSSR count). The average molecular weight is 415 g/mol. The minimum absolute atomic E-state index is 0.122. The molecule has 0 bridgehead atoms. The van der Waals surface area contributed by atoms with Crippen LogP contribution >= 0.6 is 0 Å². The first-order valence-electron chi connectivity index (χ1n) is 9.96. The van der Waals surface area contributed by atoms with E-state index in [1.54, 1.807) is 6.07 Å². The van der Waals surface area contributed by atoms with Gasteiger partial charge in [0.15, 0.2) is 5.76 Å². The number of carbonyl (C=O) groups excluding carboxylic acids is 3. The molecule has 9 heteroatoms. The maximum Gasteiger partial charge on any atom is 0.287 e. The summed E-state index contributed by atoms with van der Waals surface area (Å²) in [5.74, 6) is -1.11. The first-order valence-corrected chi connectivity index (χ1v) is 9.96. The van der Waals surface area contributed by atoms with Crippen LogP contribution in [-0.2, 0) is 14.3 Å². The zero-order valence-electron chi connectivity index (χ0n) is 16.7. The number of ether oxygens (including phenoxy) is 1. The molecular weight excluding hydrogens is 388 g/mol. The summed E-state index contributed by atoms with van der Waals surface area (Å²) in [6.07, 6.45) is 1.38. The second-order valence-electron chi connectivity index (χ2n) is 7.03. The van der Waals surface area contributed by atoms with E-state index in [0.717, 1.165) is 25.2 Å². The average Bonchev–Trinajstić information content (AvgIpc) is 3.32. The monoisotopic (exact) mass is 415 g/mol. The molecule has 2 aromatic rings. The Morgan fingerprint density at radius 1 is 0.933 bits per heavy atom. The molecule has 0 aliphatic carbocycles.